The first-order valence-corrected chi connectivity index (χ1v) is 9.80. The highest BCUT2D eigenvalue weighted by Gasteiger charge is 2.10. The minimum absolute atomic E-state index is 0.0579. The molecule has 1 aliphatic heterocycles. The van der Waals surface area contributed by atoms with E-state index in [2.05, 4.69) is 46.4 Å². The lowest BCUT2D eigenvalue weighted by Gasteiger charge is -2.26. The first kappa shape index (κ1) is 20.7. The monoisotopic (exact) mass is 362 g/mol. The molecule has 2 N–H and O–H groups in total. The van der Waals surface area contributed by atoms with Gasteiger partial charge in [-0.1, -0.05) is 0 Å². The number of benzene rings is 1. The van der Waals surface area contributed by atoms with Crippen LogP contribution >= 0.6 is 0 Å². The normalized spacial score (nSPS) is 15.0. The fourth-order valence-electron chi connectivity index (χ4n) is 3.18. The molecular weight excluding hydrogens is 328 g/mol. The van der Waals surface area contributed by atoms with Gasteiger partial charge in [-0.2, -0.15) is 0 Å². The molecule has 1 amide bonds. The molecule has 26 heavy (non-hydrogen) atoms. The lowest BCUT2D eigenvalue weighted by atomic mass is 10.1. The van der Waals surface area contributed by atoms with E-state index in [9.17, 15) is 4.79 Å². The van der Waals surface area contributed by atoms with E-state index < -0.39 is 0 Å². The van der Waals surface area contributed by atoms with E-state index in [1.807, 2.05) is 13.0 Å². The number of hydrogen-bond acceptors (Lipinski definition) is 5. The summed E-state index contributed by atoms with van der Waals surface area (Å²) in [5.74, 6) is 0.0579. The van der Waals surface area contributed by atoms with Crippen molar-refractivity contribution in [2.75, 3.05) is 69.2 Å². The summed E-state index contributed by atoms with van der Waals surface area (Å²) in [7, 11) is 0. The number of amides is 1. The fourth-order valence-corrected chi connectivity index (χ4v) is 3.18. The minimum atomic E-state index is 0.0579. The van der Waals surface area contributed by atoms with Gasteiger partial charge in [-0.15, -0.1) is 0 Å². The van der Waals surface area contributed by atoms with Crippen molar-refractivity contribution in [1.82, 2.24) is 10.2 Å². The number of morpholine rings is 1. The van der Waals surface area contributed by atoms with E-state index >= 15 is 0 Å². The molecule has 0 bridgehead atoms. The van der Waals surface area contributed by atoms with Crippen LogP contribution < -0.4 is 15.5 Å². The molecule has 0 spiro atoms. The fraction of sp³-hybridized carbons (Fsp3) is 0.650. The molecule has 0 atom stereocenters. The first-order valence-electron chi connectivity index (χ1n) is 9.80. The Morgan fingerprint density at radius 2 is 1.92 bits per heavy atom. The number of aryl methyl sites for hydroxylation is 1. The van der Waals surface area contributed by atoms with Gasteiger partial charge in [-0.05, 0) is 44.5 Å². The van der Waals surface area contributed by atoms with Crippen LogP contribution in [0, 0.1) is 6.92 Å². The van der Waals surface area contributed by atoms with Gasteiger partial charge < -0.3 is 20.3 Å². The molecule has 1 heterocycles. The Kier molecular flexibility index (Phi) is 8.88. The largest absolute Gasteiger partial charge is 0.379 e. The molecule has 0 saturated carbocycles. The molecule has 0 unspecified atom stereocenters. The SMILES string of the molecule is CCN(CC)c1ccc(NC(=O)CCNCCN2CCOCC2)c(C)c1. The van der Waals surface area contributed by atoms with Crippen molar-refractivity contribution < 1.29 is 9.53 Å². The molecule has 1 saturated heterocycles. The summed E-state index contributed by atoms with van der Waals surface area (Å²) in [4.78, 5) is 16.9. The van der Waals surface area contributed by atoms with Crippen molar-refractivity contribution in [2.45, 2.75) is 27.2 Å². The average Bonchev–Trinajstić information content (AvgIpc) is 2.65. The number of nitrogens with zero attached hydrogens (tertiary/aromatic N) is 2. The Hall–Kier alpha value is -1.63. The van der Waals surface area contributed by atoms with Crippen molar-refractivity contribution in [3.05, 3.63) is 23.8 Å². The third-order valence-electron chi connectivity index (χ3n) is 4.85. The summed E-state index contributed by atoms with van der Waals surface area (Å²) >= 11 is 0. The Morgan fingerprint density at radius 3 is 2.58 bits per heavy atom. The van der Waals surface area contributed by atoms with E-state index in [1.165, 1.54) is 5.69 Å². The highest BCUT2D eigenvalue weighted by molar-refractivity contribution is 5.91. The zero-order valence-electron chi connectivity index (χ0n) is 16.5. The average molecular weight is 363 g/mol. The van der Waals surface area contributed by atoms with Gasteiger partial charge in [-0.3, -0.25) is 9.69 Å². The lowest BCUT2D eigenvalue weighted by molar-refractivity contribution is -0.116. The summed E-state index contributed by atoms with van der Waals surface area (Å²) in [5.41, 5.74) is 3.21. The van der Waals surface area contributed by atoms with E-state index in [0.717, 1.165) is 63.7 Å². The van der Waals surface area contributed by atoms with Gasteiger partial charge in [-0.25, -0.2) is 0 Å². The predicted octanol–water partition coefficient (Wildman–Crippen LogP) is 2.09. The Balaban J connectivity index is 1.68. The molecule has 0 aromatic heterocycles. The number of anilines is 2. The highest BCUT2D eigenvalue weighted by Crippen LogP contribution is 2.22. The zero-order valence-corrected chi connectivity index (χ0v) is 16.5. The number of nitrogens with one attached hydrogen (secondary N) is 2. The molecule has 0 aliphatic carbocycles. The summed E-state index contributed by atoms with van der Waals surface area (Å²) in [6.07, 6.45) is 0.486. The van der Waals surface area contributed by atoms with Crippen LogP contribution in [0.2, 0.25) is 0 Å². The van der Waals surface area contributed by atoms with Gasteiger partial charge in [0.2, 0.25) is 5.91 Å². The van der Waals surface area contributed by atoms with Crippen LogP contribution in [0.3, 0.4) is 0 Å². The van der Waals surface area contributed by atoms with Crippen LogP contribution in [-0.2, 0) is 9.53 Å². The van der Waals surface area contributed by atoms with Crippen molar-refractivity contribution >= 4 is 17.3 Å². The Morgan fingerprint density at radius 1 is 1.19 bits per heavy atom. The summed E-state index contributed by atoms with van der Waals surface area (Å²) < 4.78 is 5.34. The quantitative estimate of drug-likeness (QED) is 0.624. The van der Waals surface area contributed by atoms with Crippen LogP contribution in [0.5, 0.6) is 0 Å². The molecule has 0 radical (unpaired) electrons. The maximum atomic E-state index is 12.2. The number of carbonyl (C=O) groups is 1. The van der Waals surface area contributed by atoms with Crippen LogP contribution in [0.4, 0.5) is 11.4 Å². The van der Waals surface area contributed by atoms with E-state index in [1.54, 1.807) is 0 Å². The van der Waals surface area contributed by atoms with Crippen LogP contribution in [0.25, 0.3) is 0 Å². The summed E-state index contributed by atoms with van der Waals surface area (Å²) in [6, 6.07) is 6.23. The van der Waals surface area contributed by atoms with E-state index in [0.29, 0.717) is 13.0 Å². The number of rotatable bonds is 10. The number of carbonyl (C=O) groups excluding carboxylic acids is 1. The van der Waals surface area contributed by atoms with Crippen LogP contribution in [0.15, 0.2) is 18.2 Å². The Bertz CT molecular complexity index is 555. The molecule has 6 heteroatoms. The van der Waals surface area contributed by atoms with Gasteiger partial charge in [0.05, 0.1) is 13.2 Å². The molecule has 1 aromatic carbocycles. The molecule has 146 valence electrons. The third kappa shape index (κ3) is 6.59. The second-order valence-corrected chi connectivity index (χ2v) is 6.67. The van der Waals surface area contributed by atoms with Crippen molar-refractivity contribution in [1.29, 1.82) is 0 Å². The smallest absolute Gasteiger partial charge is 0.225 e. The Labute approximate surface area is 157 Å². The maximum absolute atomic E-state index is 12.2. The number of hydrogen-bond donors (Lipinski definition) is 2. The van der Waals surface area contributed by atoms with E-state index in [-0.39, 0.29) is 5.91 Å². The van der Waals surface area contributed by atoms with Gasteiger partial charge in [0.1, 0.15) is 0 Å². The van der Waals surface area contributed by atoms with Crippen LogP contribution in [-0.4, -0.2) is 69.8 Å². The second kappa shape index (κ2) is 11.2. The second-order valence-electron chi connectivity index (χ2n) is 6.67. The molecule has 2 rings (SSSR count). The zero-order chi connectivity index (χ0) is 18.8. The van der Waals surface area contributed by atoms with Crippen molar-refractivity contribution in [3.8, 4) is 0 Å². The van der Waals surface area contributed by atoms with Crippen LogP contribution in [0.1, 0.15) is 25.8 Å². The number of ether oxygens (including phenoxy) is 1. The summed E-state index contributed by atoms with van der Waals surface area (Å²) in [6.45, 7) is 14.6. The summed E-state index contributed by atoms with van der Waals surface area (Å²) in [5, 5.41) is 6.38. The minimum Gasteiger partial charge on any atom is -0.379 e. The molecular formula is C20H34N4O2. The molecule has 6 nitrogen and oxygen atoms in total. The van der Waals surface area contributed by atoms with Gasteiger partial charge in [0, 0.05) is 63.6 Å². The predicted molar refractivity (Wildman–Crippen MR) is 108 cm³/mol. The van der Waals surface area contributed by atoms with Crippen molar-refractivity contribution in [2.24, 2.45) is 0 Å². The van der Waals surface area contributed by atoms with Gasteiger partial charge in [0.15, 0.2) is 0 Å². The standard InChI is InChI=1S/C20H34N4O2/c1-4-24(5-2)18-6-7-19(17(3)16-18)22-20(25)8-9-21-10-11-23-12-14-26-15-13-23/h6-7,16,21H,4-5,8-15H2,1-3H3,(H,22,25). The first-order chi connectivity index (χ1) is 12.6. The van der Waals surface area contributed by atoms with Crippen molar-refractivity contribution in [3.63, 3.8) is 0 Å². The highest BCUT2D eigenvalue weighted by atomic mass is 16.5. The van der Waals surface area contributed by atoms with Gasteiger partial charge >= 0.3 is 0 Å². The molecule has 1 fully saturated rings. The molecule has 1 aromatic rings. The lowest BCUT2D eigenvalue weighted by Crippen LogP contribution is -2.40. The molecule has 1 aliphatic rings. The third-order valence-corrected chi connectivity index (χ3v) is 4.85. The van der Waals surface area contributed by atoms with E-state index in [4.69, 9.17) is 4.74 Å². The topological polar surface area (TPSA) is 56.8 Å². The van der Waals surface area contributed by atoms with Gasteiger partial charge in [0.25, 0.3) is 0 Å². The maximum Gasteiger partial charge on any atom is 0.225 e.